The number of aliphatic carboxylic acids is 2. The van der Waals surface area contributed by atoms with Gasteiger partial charge in [0, 0.05) is 13.1 Å². The van der Waals surface area contributed by atoms with Crippen LogP contribution in [0, 0.1) is 0 Å². The fourth-order valence-electron chi connectivity index (χ4n) is 5.06. The van der Waals surface area contributed by atoms with Crippen molar-refractivity contribution in [2.24, 2.45) is 11.5 Å². The van der Waals surface area contributed by atoms with Crippen molar-refractivity contribution in [3.8, 4) is 0 Å². The minimum absolute atomic E-state index is 0.0498. The molecule has 4 saturated heterocycles. The molecule has 4 atom stereocenters. The molecule has 38 heavy (non-hydrogen) atoms. The zero-order valence-corrected chi connectivity index (χ0v) is 21.6. The van der Waals surface area contributed by atoms with Gasteiger partial charge in [0.25, 0.3) is 0 Å². The Balaban J connectivity index is 0.000000211. The van der Waals surface area contributed by atoms with Gasteiger partial charge in [-0.1, -0.05) is 0 Å². The molecule has 4 amide bonds. The molecule has 0 aromatic rings. The lowest BCUT2D eigenvalue weighted by Gasteiger charge is -2.25. The van der Waals surface area contributed by atoms with E-state index in [-0.39, 0.29) is 60.6 Å². The number of carbonyl (C=O) groups excluding carboxylic acids is 4. The summed E-state index contributed by atoms with van der Waals surface area (Å²) in [4.78, 5) is 68.9. The number of rotatable bonds is 7. The van der Waals surface area contributed by atoms with Crippen molar-refractivity contribution in [2.75, 3.05) is 26.2 Å². The van der Waals surface area contributed by atoms with E-state index >= 15 is 0 Å². The van der Waals surface area contributed by atoms with Crippen LogP contribution in [0.1, 0.15) is 64.2 Å². The standard InChI is InChI=1S/2C10H17N3O2.C4H6O4/c2*11-9(14)8-4-2-6-13(8)10(15)7-3-1-5-12-7;5-3(6)1-2-4(7)8/h2*7-8,12H,1-6H2,(H2,11,14);1-2H2,(H,5,6)(H,7,8)/t2*7-,8?;/m00./s1. The molecule has 4 aliphatic rings. The molecule has 0 aromatic carbocycles. The Hall–Kier alpha value is -3.26. The molecule has 14 heteroatoms. The van der Waals surface area contributed by atoms with Crippen LogP contribution in [0.5, 0.6) is 0 Å². The predicted molar refractivity (Wildman–Crippen MR) is 134 cm³/mol. The summed E-state index contributed by atoms with van der Waals surface area (Å²) in [7, 11) is 0. The zero-order valence-electron chi connectivity index (χ0n) is 21.6. The fourth-order valence-corrected chi connectivity index (χ4v) is 5.06. The van der Waals surface area contributed by atoms with Gasteiger partial charge in [-0.25, -0.2) is 0 Å². The third kappa shape index (κ3) is 9.24. The number of hydrogen-bond acceptors (Lipinski definition) is 8. The topological polar surface area (TPSA) is 225 Å². The molecule has 0 spiro atoms. The monoisotopic (exact) mass is 540 g/mol. The number of likely N-dealkylation sites (tertiary alicyclic amines) is 2. The first-order valence-electron chi connectivity index (χ1n) is 13.1. The first kappa shape index (κ1) is 31.0. The van der Waals surface area contributed by atoms with Crippen molar-refractivity contribution in [3.63, 3.8) is 0 Å². The van der Waals surface area contributed by atoms with E-state index in [4.69, 9.17) is 21.7 Å². The summed E-state index contributed by atoms with van der Waals surface area (Å²) in [5.41, 5.74) is 10.5. The van der Waals surface area contributed by atoms with E-state index < -0.39 is 11.9 Å². The summed E-state index contributed by atoms with van der Waals surface area (Å²) >= 11 is 0. The van der Waals surface area contributed by atoms with Gasteiger partial charge in [-0.3, -0.25) is 28.8 Å². The van der Waals surface area contributed by atoms with Gasteiger partial charge in [0.15, 0.2) is 0 Å². The van der Waals surface area contributed by atoms with Crippen molar-refractivity contribution in [3.05, 3.63) is 0 Å². The van der Waals surface area contributed by atoms with Crippen molar-refractivity contribution >= 4 is 35.6 Å². The number of carbonyl (C=O) groups is 6. The maximum atomic E-state index is 12.0. The number of hydrogen-bond donors (Lipinski definition) is 6. The van der Waals surface area contributed by atoms with Crippen molar-refractivity contribution < 1.29 is 39.0 Å². The van der Waals surface area contributed by atoms with Gasteiger partial charge in [-0.05, 0) is 64.5 Å². The van der Waals surface area contributed by atoms with E-state index in [1.165, 1.54) is 0 Å². The summed E-state index contributed by atoms with van der Waals surface area (Å²) in [6, 6.07) is -0.935. The number of carboxylic acids is 2. The summed E-state index contributed by atoms with van der Waals surface area (Å²) < 4.78 is 0. The Labute approximate surface area is 221 Å². The molecular formula is C24H40N6O8. The third-order valence-electron chi connectivity index (χ3n) is 7.00. The highest BCUT2D eigenvalue weighted by Crippen LogP contribution is 2.21. The number of primary amides is 2. The van der Waals surface area contributed by atoms with Crippen molar-refractivity contribution in [2.45, 2.75) is 88.4 Å². The van der Waals surface area contributed by atoms with Gasteiger partial charge >= 0.3 is 11.9 Å². The van der Waals surface area contributed by atoms with Crippen LogP contribution in [0.2, 0.25) is 0 Å². The van der Waals surface area contributed by atoms with E-state index in [0.717, 1.165) is 51.6 Å². The second-order valence-electron chi connectivity index (χ2n) is 9.77. The van der Waals surface area contributed by atoms with E-state index in [0.29, 0.717) is 25.9 Å². The molecule has 0 saturated carbocycles. The number of carboxylic acid groups (broad SMARTS) is 2. The lowest BCUT2D eigenvalue weighted by Crippen LogP contribution is -2.49. The fraction of sp³-hybridized carbons (Fsp3) is 0.750. The Morgan fingerprint density at radius 1 is 0.632 bits per heavy atom. The van der Waals surface area contributed by atoms with E-state index in [9.17, 15) is 28.8 Å². The van der Waals surface area contributed by atoms with Crippen molar-refractivity contribution in [1.29, 1.82) is 0 Å². The minimum atomic E-state index is -1.08. The van der Waals surface area contributed by atoms with Crippen LogP contribution in [0.25, 0.3) is 0 Å². The molecule has 14 nitrogen and oxygen atoms in total. The van der Waals surface area contributed by atoms with Gasteiger partial charge in [-0.2, -0.15) is 0 Å². The highest BCUT2D eigenvalue weighted by Gasteiger charge is 2.37. The minimum Gasteiger partial charge on any atom is -0.481 e. The van der Waals surface area contributed by atoms with Crippen LogP contribution in [0.4, 0.5) is 0 Å². The lowest BCUT2D eigenvalue weighted by molar-refractivity contribution is -0.143. The number of nitrogens with one attached hydrogen (secondary N) is 2. The molecule has 4 heterocycles. The zero-order chi connectivity index (χ0) is 28.2. The molecule has 8 N–H and O–H groups in total. The van der Waals surface area contributed by atoms with Gasteiger partial charge in [0.2, 0.25) is 23.6 Å². The van der Waals surface area contributed by atoms with Crippen LogP contribution in [0.15, 0.2) is 0 Å². The average Bonchev–Trinajstić information content (AvgIpc) is 3.69. The molecule has 4 fully saturated rings. The average molecular weight is 541 g/mol. The molecule has 0 bridgehead atoms. The normalized spacial score (nSPS) is 26.1. The highest BCUT2D eigenvalue weighted by molar-refractivity contribution is 5.90. The summed E-state index contributed by atoms with van der Waals surface area (Å²) in [6.07, 6.45) is 6.42. The number of nitrogens with two attached hydrogens (primary N) is 2. The first-order chi connectivity index (χ1) is 18.0. The number of nitrogens with zero attached hydrogens (tertiary/aromatic N) is 2. The number of amides is 4. The highest BCUT2D eigenvalue weighted by atomic mass is 16.4. The smallest absolute Gasteiger partial charge is 0.303 e. The lowest BCUT2D eigenvalue weighted by atomic mass is 10.1. The van der Waals surface area contributed by atoms with Gasteiger partial charge in [0.1, 0.15) is 12.1 Å². The third-order valence-corrected chi connectivity index (χ3v) is 7.00. The van der Waals surface area contributed by atoms with Gasteiger partial charge in [-0.15, -0.1) is 0 Å². The van der Waals surface area contributed by atoms with Crippen LogP contribution >= 0.6 is 0 Å². The van der Waals surface area contributed by atoms with Crippen molar-refractivity contribution in [1.82, 2.24) is 20.4 Å². The SMILES string of the molecule is NC(=O)C1CCCN1C(=O)[C@@H]1CCCN1.NC(=O)C1CCCN1C(=O)[C@@H]1CCCN1.O=C(O)CCC(=O)O. The molecule has 0 aliphatic carbocycles. The Kier molecular flexibility index (Phi) is 12.4. The van der Waals surface area contributed by atoms with E-state index in [1.54, 1.807) is 9.80 Å². The Morgan fingerprint density at radius 2 is 1.00 bits per heavy atom. The molecule has 0 aromatic heterocycles. The van der Waals surface area contributed by atoms with E-state index in [1.807, 2.05) is 0 Å². The quantitative estimate of drug-likeness (QED) is 0.216. The summed E-state index contributed by atoms with van der Waals surface area (Å²) in [5, 5.41) is 22.1. The largest absolute Gasteiger partial charge is 0.481 e. The van der Waals surface area contributed by atoms with Gasteiger partial charge in [0.05, 0.1) is 24.9 Å². The second-order valence-corrected chi connectivity index (χ2v) is 9.77. The van der Waals surface area contributed by atoms with Crippen LogP contribution < -0.4 is 22.1 Å². The van der Waals surface area contributed by atoms with Crippen LogP contribution in [-0.2, 0) is 28.8 Å². The molecule has 4 aliphatic heterocycles. The predicted octanol–water partition coefficient (Wildman–Crippen LogP) is -1.63. The molecular weight excluding hydrogens is 500 g/mol. The van der Waals surface area contributed by atoms with Gasteiger partial charge < -0.3 is 42.1 Å². The summed E-state index contributed by atoms with van der Waals surface area (Å²) in [5.74, 6) is -2.81. The second kappa shape index (κ2) is 15.2. The first-order valence-corrected chi connectivity index (χ1v) is 13.1. The van der Waals surface area contributed by atoms with E-state index in [2.05, 4.69) is 10.6 Å². The Bertz CT molecular complexity index is 802. The van der Waals surface area contributed by atoms with Crippen LogP contribution in [-0.4, -0.2) is 106 Å². The molecule has 0 radical (unpaired) electrons. The molecule has 4 rings (SSSR count). The maximum Gasteiger partial charge on any atom is 0.303 e. The molecule has 214 valence electrons. The maximum absolute atomic E-state index is 12.0. The van der Waals surface area contributed by atoms with Crippen LogP contribution in [0.3, 0.4) is 0 Å². The summed E-state index contributed by atoms with van der Waals surface area (Å²) in [6.45, 7) is 3.13. The Morgan fingerprint density at radius 3 is 1.26 bits per heavy atom. The molecule has 2 unspecified atom stereocenters.